The molecule has 0 unspecified atom stereocenters. The van der Waals surface area contributed by atoms with Crippen LogP contribution < -0.4 is 5.32 Å². The lowest BCUT2D eigenvalue weighted by atomic mass is 9.95. The third-order valence-corrected chi connectivity index (χ3v) is 13.3. The van der Waals surface area contributed by atoms with Gasteiger partial charge in [0.25, 0.3) is 0 Å². The van der Waals surface area contributed by atoms with Crippen LogP contribution in [0.1, 0.15) is 22.9 Å². The van der Waals surface area contributed by atoms with Gasteiger partial charge in [-0.1, -0.05) is 194 Å². The van der Waals surface area contributed by atoms with E-state index in [4.69, 9.17) is 15.0 Å². The van der Waals surface area contributed by atoms with Crippen molar-refractivity contribution in [3.05, 3.63) is 235 Å². The molecule has 0 atom stereocenters. The number of fused-ring (bicyclic) bond motifs is 7. The first-order valence-electron chi connectivity index (χ1n) is 21.3. The van der Waals surface area contributed by atoms with Crippen LogP contribution in [0, 0.1) is 0 Å². The molecule has 11 aromatic rings. The first-order valence-corrected chi connectivity index (χ1v) is 22.1. The van der Waals surface area contributed by atoms with Gasteiger partial charge in [0.1, 0.15) is 11.7 Å². The summed E-state index contributed by atoms with van der Waals surface area (Å²) in [6.07, 6.45) is -0.448. The van der Waals surface area contributed by atoms with Crippen LogP contribution in [0.2, 0.25) is 0 Å². The molecule has 0 aliphatic carbocycles. The Morgan fingerprint density at radius 2 is 0.921 bits per heavy atom. The van der Waals surface area contributed by atoms with Crippen molar-refractivity contribution in [3.8, 4) is 44.6 Å². The number of amidine groups is 2. The van der Waals surface area contributed by atoms with Gasteiger partial charge in [-0.2, -0.15) is 0 Å². The molecule has 296 valence electrons. The monoisotopic (exact) mass is 822 g/mol. The summed E-state index contributed by atoms with van der Waals surface area (Å²) in [5.41, 5.74) is 13.1. The van der Waals surface area contributed by atoms with Gasteiger partial charge in [0.15, 0.2) is 6.17 Å². The predicted molar refractivity (Wildman–Crippen MR) is 266 cm³/mol. The lowest BCUT2D eigenvalue weighted by Gasteiger charge is -2.23. The standard InChI is InChI=1S/C58H38N4S/c1-4-15-37(16-5-1)42-21-12-23-44(35-42)57-60-56(61-58(62-57)45-24-13-22-43(36-45)38-17-6-2-7-18-38)41-31-29-39(30-32-41)46-26-14-28-51-52(46)49-34-33-48-53(55(49)63-51)47-25-10-11-27-50(47)59-54(48)40-19-8-3-9-20-40/h1-36,56H,(H,60,61,62). The number of nitrogens with one attached hydrogen (secondary N) is 1. The van der Waals surface area contributed by atoms with E-state index in [1.54, 1.807) is 0 Å². The minimum atomic E-state index is -0.448. The molecule has 4 nitrogen and oxygen atoms in total. The highest BCUT2D eigenvalue weighted by molar-refractivity contribution is 7.27. The van der Waals surface area contributed by atoms with E-state index in [1.807, 2.05) is 23.5 Å². The molecule has 12 rings (SSSR count). The number of aromatic nitrogens is 1. The van der Waals surface area contributed by atoms with Gasteiger partial charge in [-0.05, 0) is 63.2 Å². The first-order chi connectivity index (χ1) is 31.2. The maximum atomic E-state index is 5.30. The van der Waals surface area contributed by atoms with Gasteiger partial charge in [0.2, 0.25) is 0 Å². The fraction of sp³-hybridized carbons (Fsp3) is 0.0172. The van der Waals surface area contributed by atoms with Crippen LogP contribution in [0.3, 0.4) is 0 Å². The molecule has 0 bridgehead atoms. The van der Waals surface area contributed by atoms with Crippen molar-refractivity contribution in [2.45, 2.75) is 6.17 Å². The number of rotatable bonds is 7. The van der Waals surface area contributed by atoms with Gasteiger partial charge in [0, 0.05) is 53.0 Å². The minimum absolute atomic E-state index is 0.448. The second kappa shape index (κ2) is 15.5. The molecular formula is C58H38N4S. The SMILES string of the molecule is c1ccc(-c2cccc(C3=NC(c4ccc(-c5cccc6sc7c(ccc8c(-c9ccccc9)nc9ccccc9c87)c56)cc4)N=C(c4cccc(-c5ccccc5)c4)N3)c2)cc1. The normalized spacial score (nSPS) is 13.0. The van der Waals surface area contributed by atoms with Crippen molar-refractivity contribution in [2.24, 2.45) is 9.98 Å². The Morgan fingerprint density at radius 1 is 0.381 bits per heavy atom. The second-order valence-corrected chi connectivity index (χ2v) is 17.0. The van der Waals surface area contributed by atoms with E-state index in [9.17, 15) is 0 Å². The lowest BCUT2D eigenvalue weighted by molar-refractivity contribution is 0.756. The molecule has 1 aliphatic heterocycles. The lowest BCUT2D eigenvalue weighted by Crippen LogP contribution is -2.36. The zero-order valence-corrected chi connectivity index (χ0v) is 34.9. The zero-order valence-electron chi connectivity index (χ0n) is 34.1. The van der Waals surface area contributed by atoms with Crippen LogP contribution in [0.5, 0.6) is 0 Å². The van der Waals surface area contributed by atoms with Crippen molar-refractivity contribution in [2.75, 3.05) is 0 Å². The van der Waals surface area contributed by atoms with E-state index >= 15 is 0 Å². The van der Waals surface area contributed by atoms with Crippen LogP contribution in [0.25, 0.3) is 86.5 Å². The average molecular weight is 823 g/mol. The van der Waals surface area contributed by atoms with E-state index in [0.29, 0.717) is 0 Å². The van der Waals surface area contributed by atoms with E-state index < -0.39 is 6.17 Å². The van der Waals surface area contributed by atoms with Crippen molar-refractivity contribution in [3.63, 3.8) is 0 Å². The Morgan fingerprint density at radius 3 is 1.57 bits per heavy atom. The number of pyridine rings is 1. The molecule has 2 aromatic heterocycles. The molecule has 0 saturated heterocycles. The quantitative estimate of drug-likeness (QED) is 0.163. The fourth-order valence-electron chi connectivity index (χ4n) is 9.05. The predicted octanol–water partition coefficient (Wildman–Crippen LogP) is 14.9. The molecule has 0 radical (unpaired) electrons. The summed E-state index contributed by atoms with van der Waals surface area (Å²) in [4.78, 5) is 15.8. The third-order valence-electron chi connectivity index (χ3n) is 12.1. The van der Waals surface area contributed by atoms with Crippen LogP contribution in [0.4, 0.5) is 0 Å². The zero-order chi connectivity index (χ0) is 41.7. The van der Waals surface area contributed by atoms with E-state index in [-0.39, 0.29) is 0 Å². The summed E-state index contributed by atoms with van der Waals surface area (Å²) in [6, 6.07) is 77.4. The summed E-state index contributed by atoms with van der Waals surface area (Å²) in [7, 11) is 0. The summed E-state index contributed by atoms with van der Waals surface area (Å²) in [5, 5.41) is 9.79. The number of para-hydroxylation sites is 1. The van der Waals surface area contributed by atoms with Crippen molar-refractivity contribution < 1.29 is 0 Å². The Kier molecular flexibility index (Phi) is 9.05. The van der Waals surface area contributed by atoms with Crippen molar-refractivity contribution in [1.82, 2.24) is 10.3 Å². The molecule has 0 amide bonds. The number of aliphatic imine (C=N–C) groups is 2. The topological polar surface area (TPSA) is 49.6 Å². The number of nitrogens with zero attached hydrogens (tertiary/aromatic N) is 3. The maximum Gasteiger partial charge on any atom is 0.169 e. The Bertz CT molecular complexity index is 3480. The maximum absolute atomic E-state index is 5.30. The smallest absolute Gasteiger partial charge is 0.169 e. The molecule has 0 saturated carbocycles. The molecule has 3 heterocycles. The largest absolute Gasteiger partial charge is 0.324 e. The van der Waals surface area contributed by atoms with Crippen molar-refractivity contribution in [1.29, 1.82) is 0 Å². The summed E-state index contributed by atoms with van der Waals surface area (Å²) >= 11 is 1.87. The highest BCUT2D eigenvalue weighted by Crippen LogP contribution is 2.46. The number of hydrogen-bond acceptors (Lipinski definition) is 5. The van der Waals surface area contributed by atoms with Crippen LogP contribution in [0.15, 0.2) is 228 Å². The Labute approximate surface area is 369 Å². The van der Waals surface area contributed by atoms with E-state index in [1.165, 1.54) is 41.9 Å². The summed E-state index contributed by atoms with van der Waals surface area (Å²) < 4.78 is 2.55. The molecule has 1 N–H and O–H groups in total. The van der Waals surface area contributed by atoms with E-state index in [0.717, 1.165) is 73.0 Å². The number of thiophene rings is 1. The summed E-state index contributed by atoms with van der Waals surface area (Å²) in [6.45, 7) is 0. The molecule has 9 aromatic carbocycles. The van der Waals surface area contributed by atoms with Gasteiger partial charge < -0.3 is 5.32 Å². The van der Waals surface area contributed by atoms with Gasteiger partial charge in [-0.3, -0.25) is 0 Å². The fourth-order valence-corrected chi connectivity index (χ4v) is 10.3. The van der Waals surface area contributed by atoms with Crippen LogP contribution >= 0.6 is 11.3 Å². The average Bonchev–Trinajstić information content (AvgIpc) is 3.76. The minimum Gasteiger partial charge on any atom is -0.324 e. The molecule has 0 spiro atoms. The van der Waals surface area contributed by atoms with Gasteiger partial charge in [-0.15, -0.1) is 11.3 Å². The van der Waals surface area contributed by atoms with Gasteiger partial charge >= 0.3 is 0 Å². The highest BCUT2D eigenvalue weighted by atomic mass is 32.1. The molecular weight excluding hydrogens is 785 g/mol. The number of benzene rings is 9. The molecule has 63 heavy (non-hydrogen) atoms. The van der Waals surface area contributed by atoms with E-state index in [2.05, 4.69) is 212 Å². The van der Waals surface area contributed by atoms with Gasteiger partial charge in [-0.25, -0.2) is 15.0 Å². The van der Waals surface area contributed by atoms with Gasteiger partial charge in [0.05, 0.1) is 11.2 Å². The molecule has 0 fully saturated rings. The number of hydrogen-bond donors (Lipinski definition) is 1. The van der Waals surface area contributed by atoms with Crippen LogP contribution in [-0.4, -0.2) is 16.7 Å². The third kappa shape index (κ3) is 6.67. The molecule has 1 aliphatic rings. The summed E-state index contributed by atoms with van der Waals surface area (Å²) in [5.74, 6) is 1.58. The Balaban J connectivity index is 0.964. The van der Waals surface area contributed by atoms with Crippen molar-refractivity contribution >= 4 is 64.9 Å². The Hall–Kier alpha value is -7.99. The first kappa shape index (κ1) is 36.8. The second-order valence-electron chi connectivity index (χ2n) is 16.0. The highest BCUT2D eigenvalue weighted by Gasteiger charge is 2.23. The van der Waals surface area contributed by atoms with Crippen LogP contribution in [-0.2, 0) is 0 Å². The molecule has 5 heteroatoms.